The van der Waals surface area contributed by atoms with E-state index in [4.69, 9.17) is 9.47 Å². The molecule has 0 rings (SSSR count). The van der Waals surface area contributed by atoms with Gasteiger partial charge in [0, 0.05) is 33.9 Å². The average Bonchev–Trinajstić information content (AvgIpc) is 2.38. The van der Waals surface area contributed by atoms with Crippen molar-refractivity contribution < 1.29 is 9.47 Å². The van der Waals surface area contributed by atoms with Crippen LogP contribution < -0.4 is 0 Å². The third-order valence-electron chi connectivity index (χ3n) is 3.62. The van der Waals surface area contributed by atoms with Crippen LogP contribution in [0.5, 0.6) is 0 Å². The molecule has 0 aliphatic carbocycles. The molecule has 0 saturated carbocycles. The average molecular weight is 263 g/mol. The lowest BCUT2D eigenvalue weighted by Crippen LogP contribution is -2.41. The molecule has 0 N–H and O–H groups in total. The molecule has 0 aromatic heterocycles. The fraction of sp³-hybridized carbons (Fsp3) is 1.00. The van der Waals surface area contributed by atoms with E-state index in [1.165, 1.54) is 12.8 Å². The third kappa shape index (κ3) is 6.65. The smallest absolute Gasteiger partial charge is 0.0589 e. The molecule has 0 amide bonds. The molecular formula is C13H29NO2S. The highest BCUT2D eigenvalue weighted by atomic mass is 32.1. The summed E-state index contributed by atoms with van der Waals surface area (Å²) < 4.78 is 10.3. The Morgan fingerprint density at radius 3 is 1.76 bits per heavy atom. The minimum atomic E-state index is 0.324. The van der Waals surface area contributed by atoms with Crippen molar-refractivity contribution in [2.24, 2.45) is 5.41 Å². The van der Waals surface area contributed by atoms with Crippen molar-refractivity contribution in [3.05, 3.63) is 0 Å². The van der Waals surface area contributed by atoms with Crippen molar-refractivity contribution in [2.75, 3.05) is 52.8 Å². The highest BCUT2D eigenvalue weighted by molar-refractivity contribution is 7.80. The van der Waals surface area contributed by atoms with Gasteiger partial charge in [0.05, 0.1) is 13.2 Å². The molecule has 3 nitrogen and oxygen atoms in total. The van der Waals surface area contributed by atoms with Crippen molar-refractivity contribution >= 4 is 12.6 Å². The number of hydrogen-bond donors (Lipinski definition) is 1. The maximum Gasteiger partial charge on any atom is 0.0589 e. The molecular weight excluding hydrogens is 234 g/mol. The molecule has 0 saturated heterocycles. The van der Waals surface area contributed by atoms with Crippen LogP contribution in [0, 0.1) is 5.41 Å². The number of methoxy groups -OCH3 is 2. The first-order valence-corrected chi connectivity index (χ1v) is 7.12. The zero-order valence-corrected chi connectivity index (χ0v) is 12.8. The van der Waals surface area contributed by atoms with Gasteiger partial charge < -0.3 is 9.47 Å². The molecule has 0 fully saturated rings. The molecule has 0 aromatic carbocycles. The lowest BCUT2D eigenvalue weighted by Gasteiger charge is -2.36. The Kier molecular flexibility index (Phi) is 10.3. The van der Waals surface area contributed by atoms with Gasteiger partial charge in [-0.2, -0.15) is 12.6 Å². The summed E-state index contributed by atoms with van der Waals surface area (Å²) in [6, 6.07) is 0. The lowest BCUT2D eigenvalue weighted by molar-refractivity contribution is 0.0826. The zero-order valence-electron chi connectivity index (χ0n) is 11.9. The van der Waals surface area contributed by atoms with Gasteiger partial charge in [0.1, 0.15) is 0 Å². The molecule has 0 bridgehead atoms. The summed E-state index contributed by atoms with van der Waals surface area (Å²) in [5.74, 6) is 0.941. The van der Waals surface area contributed by atoms with E-state index < -0.39 is 0 Å². The topological polar surface area (TPSA) is 21.7 Å². The standard InChI is InChI=1S/C13H29NO2S/c1-5-13(6-2,12-17)11-14(7-9-15-3)8-10-16-4/h17H,5-12H2,1-4H3. The van der Waals surface area contributed by atoms with E-state index in [0.717, 1.165) is 38.6 Å². The number of hydrogen-bond acceptors (Lipinski definition) is 4. The largest absolute Gasteiger partial charge is 0.383 e. The fourth-order valence-corrected chi connectivity index (χ4v) is 2.48. The summed E-state index contributed by atoms with van der Waals surface area (Å²) in [5, 5.41) is 0. The number of nitrogens with zero attached hydrogens (tertiary/aromatic N) is 1. The maximum atomic E-state index is 5.17. The van der Waals surface area contributed by atoms with E-state index in [1.54, 1.807) is 14.2 Å². The molecule has 0 radical (unpaired) electrons. The number of ether oxygens (including phenoxy) is 2. The van der Waals surface area contributed by atoms with Crippen molar-refractivity contribution in [3.63, 3.8) is 0 Å². The summed E-state index contributed by atoms with van der Waals surface area (Å²) in [7, 11) is 3.50. The lowest BCUT2D eigenvalue weighted by atomic mass is 9.84. The summed E-state index contributed by atoms with van der Waals surface area (Å²) in [6.07, 6.45) is 2.34. The predicted octanol–water partition coefficient (Wildman–Crippen LogP) is 2.32. The van der Waals surface area contributed by atoms with E-state index in [-0.39, 0.29) is 0 Å². The Bertz CT molecular complexity index is 159. The van der Waals surface area contributed by atoms with Gasteiger partial charge in [0.15, 0.2) is 0 Å². The molecule has 0 aliphatic rings. The van der Waals surface area contributed by atoms with Gasteiger partial charge in [-0.05, 0) is 24.0 Å². The molecule has 4 heteroatoms. The van der Waals surface area contributed by atoms with Crippen LogP contribution in [0.3, 0.4) is 0 Å². The third-order valence-corrected chi connectivity index (χ3v) is 4.29. The highest BCUT2D eigenvalue weighted by Gasteiger charge is 2.27. The maximum absolute atomic E-state index is 5.17. The van der Waals surface area contributed by atoms with Gasteiger partial charge in [-0.15, -0.1) is 0 Å². The number of thiol groups is 1. The SMILES string of the molecule is CCC(CC)(CS)CN(CCOC)CCOC. The molecule has 0 heterocycles. The monoisotopic (exact) mass is 263 g/mol. The quantitative estimate of drug-likeness (QED) is 0.578. The molecule has 104 valence electrons. The van der Waals surface area contributed by atoms with E-state index >= 15 is 0 Å². The first kappa shape index (κ1) is 17.2. The predicted molar refractivity (Wildman–Crippen MR) is 77.1 cm³/mol. The van der Waals surface area contributed by atoms with Crippen LogP contribution in [0.1, 0.15) is 26.7 Å². The summed E-state index contributed by atoms with van der Waals surface area (Å²) in [5.41, 5.74) is 0.324. The van der Waals surface area contributed by atoms with Gasteiger partial charge in [-0.25, -0.2) is 0 Å². The van der Waals surface area contributed by atoms with Crippen molar-refractivity contribution in [3.8, 4) is 0 Å². The normalized spacial score (nSPS) is 12.4. The Labute approximate surface area is 112 Å². The van der Waals surface area contributed by atoms with E-state index in [9.17, 15) is 0 Å². The van der Waals surface area contributed by atoms with Gasteiger partial charge in [0.2, 0.25) is 0 Å². The summed E-state index contributed by atoms with van der Waals surface area (Å²) in [6.45, 7) is 9.08. The zero-order chi connectivity index (χ0) is 13.1. The van der Waals surface area contributed by atoms with Crippen LogP contribution in [0.4, 0.5) is 0 Å². The van der Waals surface area contributed by atoms with E-state index in [1.807, 2.05) is 0 Å². The molecule has 17 heavy (non-hydrogen) atoms. The van der Waals surface area contributed by atoms with Crippen LogP contribution >= 0.6 is 12.6 Å². The van der Waals surface area contributed by atoms with Gasteiger partial charge in [-0.1, -0.05) is 13.8 Å². The van der Waals surface area contributed by atoms with Crippen LogP contribution in [0.25, 0.3) is 0 Å². The van der Waals surface area contributed by atoms with Crippen LogP contribution in [-0.2, 0) is 9.47 Å². The Hall–Kier alpha value is 0.230. The molecule has 0 aromatic rings. The molecule has 0 aliphatic heterocycles. The highest BCUT2D eigenvalue weighted by Crippen LogP contribution is 2.28. The fourth-order valence-electron chi connectivity index (χ4n) is 1.93. The minimum absolute atomic E-state index is 0.324. The second kappa shape index (κ2) is 10.2. The second-order valence-corrected chi connectivity index (χ2v) is 4.94. The van der Waals surface area contributed by atoms with Crippen LogP contribution in [0.2, 0.25) is 0 Å². The van der Waals surface area contributed by atoms with Crippen molar-refractivity contribution in [2.45, 2.75) is 26.7 Å². The van der Waals surface area contributed by atoms with Crippen molar-refractivity contribution in [1.29, 1.82) is 0 Å². The Morgan fingerprint density at radius 1 is 1.00 bits per heavy atom. The Morgan fingerprint density at radius 2 is 1.47 bits per heavy atom. The van der Waals surface area contributed by atoms with Crippen LogP contribution in [0.15, 0.2) is 0 Å². The molecule has 0 unspecified atom stereocenters. The second-order valence-electron chi connectivity index (χ2n) is 4.63. The van der Waals surface area contributed by atoms with Gasteiger partial charge in [0.25, 0.3) is 0 Å². The van der Waals surface area contributed by atoms with Crippen molar-refractivity contribution in [1.82, 2.24) is 4.90 Å². The summed E-state index contributed by atoms with van der Waals surface area (Å²) in [4.78, 5) is 2.43. The number of rotatable bonds is 11. The van der Waals surface area contributed by atoms with Gasteiger partial charge in [-0.3, -0.25) is 4.90 Å². The van der Waals surface area contributed by atoms with E-state index in [0.29, 0.717) is 5.41 Å². The minimum Gasteiger partial charge on any atom is -0.383 e. The molecule has 0 spiro atoms. The molecule has 0 atom stereocenters. The summed E-state index contributed by atoms with van der Waals surface area (Å²) >= 11 is 4.53. The Balaban J connectivity index is 4.34. The van der Waals surface area contributed by atoms with Gasteiger partial charge >= 0.3 is 0 Å². The van der Waals surface area contributed by atoms with E-state index in [2.05, 4.69) is 31.4 Å². The first-order valence-electron chi connectivity index (χ1n) is 6.49. The van der Waals surface area contributed by atoms with Crippen LogP contribution in [-0.4, -0.2) is 57.7 Å². The first-order chi connectivity index (χ1) is 8.17.